The van der Waals surface area contributed by atoms with Crippen molar-refractivity contribution in [1.29, 1.82) is 0 Å². The van der Waals surface area contributed by atoms with Crippen LogP contribution in [0.5, 0.6) is 0 Å². The molecular formula is C10H15FO. The van der Waals surface area contributed by atoms with Gasteiger partial charge in [0, 0.05) is 6.42 Å². The van der Waals surface area contributed by atoms with Crippen LogP contribution in [0.3, 0.4) is 0 Å². The largest absolute Gasteiger partial charge is 0.296 e. The lowest BCUT2D eigenvalue weighted by Gasteiger charge is -2.35. The van der Waals surface area contributed by atoms with E-state index in [2.05, 4.69) is 0 Å². The molecule has 2 aliphatic carbocycles. The minimum atomic E-state index is -1.13. The van der Waals surface area contributed by atoms with Gasteiger partial charge in [0.2, 0.25) is 0 Å². The number of fused-ring (bicyclic) bond motifs is 1. The first-order chi connectivity index (χ1) is 5.77. The molecule has 0 saturated heterocycles. The van der Waals surface area contributed by atoms with Crippen molar-refractivity contribution >= 4 is 5.78 Å². The van der Waals surface area contributed by atoms with Crippen LogP contribution in [0.1, 0.15) is 38.5 Å². The Morgan fingerprint density at radius 1 is 1.17 bits per heavy atom. The van der Waals surface area contributed by atoms with E-state index in [0.29, 0.717) is 24.7 Å². The van der Waals surface area contributed by atoms with E-state index in [1.165, 1.54) is 12.8 Å². The molecule has 2 fully saturated rings. The predicted octanol–water partition coefficient (Wildman–Crippen LogP) is 2.49. The Morgan fingerprint density at radius 3 is 2.58 bits per heavy atom. The van der Waals surface area contributed by atoms with Gasteiger partial charge in [0.15, 0.2) is 12.0 Å². The molecule has 0 bridgehead atoms. The number of ketones is 1. The first kappa shape index (κ1) is 8.21. The second kappa shape index (κ2) is 3.15. The molecule has 2 heteroatoms. The number of halogens is 1. The van der Waals surface area contributed by atoms with E-state index in [9.17, 15) is 9.18 Å². The van der Waals surface area contributed by atoms with Gasteiger partial charge >= 0.3 is 0 Å². The van der Waals surface area contributed by atoms with Crippen LogP contribution in [0, 0.1) is 11.8 Å². The van der Waals surface area contributed by atoms with Crippen molar-refractivity contribution in [3.63, 3.8) is 0 Å². The summed E-state index contributed by atoms with van der Waals surface area (Å²) >= 11 is 0. The molecule has 2 rings (SSSR count). The quantitative estimate of drug-likeness (QED) is 0.546. The van der Waals surface area contributed by atoms with E-state index in [0.717, 1.165) is 12.8 Å². The molecule has 0 aromatic carbocycles. The lowest BCUT2D eigenvalue weighted by molar-refractivity contribution is -0.129. The lowest BCUT2D eigenvalue weighted by atomic mass is 9.70. The summed E-state index contributed by atoms with van der Waals surface area (Å²) in [6, 6.07) is 0. The van der Waals surface area contributed by atoms with Crippen LogP contribution in [0.25, 0.3) is 0 Å². The second-order valence-electron chi connectivity index (χ2n) is 4.18. The molecule has 1 nitrogen and oxygen atoms in total. The predicted molar refractivity (Wildman–Crippen MR) is 44.6 cm³/mol. The third-order valence-corrected chi connectivity index (χ3v) is 3.39. The maximum absolute atomic E-state index is 13.0. The van der Waals surface area contributed by atoms with Gasteiger partial charge in [0.1, 0.15) is 0 Å². The third kappa shape index (κ3) is 1.39. The molecule has 0 aromatic rings. The number of hydrogen-bond acceptors (Lipinski definition) is 1. The summed E-state index contributed by atoms with van der Waals surface area (Å²) in [5.74, 6) is 0.905. The highest BCUT2D eigenvalue weighted by molar-refractivity contribution is 5.84. The monoisotopic (exact) mass is 170 g/mol. The van der Waals surface area contributed by atoms with Gasteiger partial charge in [-0.1, -0.05) is 19.3 Å². The summed E-state index contributed by atoms with van der Waals surface area (Å²) in [5, 5.41) is 0. The Kier molecular flexibility index (Phi) is 2.16. The average molecular weight is 170 g/mol. The average Bonchev–Trinajstić information content (AvgIpc) is 2.07. The number of rotatable bonds is 0. The molecular weight excluding hydrogens is 155 g/mol. The van der Waals surface area contributed by atoms with E-state index >= 15 is 0 Å². The van der Waals surface area contributed by atoms with Crippen LogP contribution in [0.4, 0.5) is 4.39 Å². The minimum Gasteiger partial charge on any atom is -0.296 e. The topological polar surface area (TPSA) is 17.1 Å². The standard InChI is InChI=1S/C10H15FO/c11-9-5-7-3-1-2-4-8(7)6-10(9)12/h7-9H,1-6H2/t7-,8-,9+/m1/s1. The van der Waals surface area contributed by atoms with Crippen LogP contribution < -0.4 is 0 Å². The third-order valence-electron chi connectivity index (χ3n) is 3.39. The van der Waals surface area contributed by atoms with Crippen LogP contribution in [0.15, 0.2) is 0 Å². The molecule has 2 saturated carbocycles. The van der Waals surface area contributed by atoms with E-state index in [1.54, 1.807) is 0 Å². The van der Waals surface area contributed by atoms with Gasteiger partial charge in [-0.2, -0.15) is 0 Å². The summed E-state index contributed by atoms with van der Waals surface area (Å²) in [6.07, 6.45) is 4.69. The van der Waals surface area contributed by atoms with Crippen LogP contribution in [-0.2, 0) is 4.79 Å². The number of carbonyl (C=O) groups excluding carboxylic acids is 1. The van der Waals surface area contributed by atoms with Crippen LogP contribution in [0.2, 0.25) is 0 Å². The molecule has 12 heavy (non-hydrogen) atoms. The van der Waals surface area contributed by atoms with Crippen LogP contribution >= 0.6 is 0 Å². The molecule has 0 N–H and O–H groups in total. The molecule has 2 aliphatic rings. The van der Waals surface area contributed by atoms with Crippen molar-refractivity contribution in [1.82, 2.24) is 0 Å². The van der Waals surface area contributed by atoms with E-state index in [1.807, 2.05) is 0 Å². The van der Waals surface area contributed by atoms with Crippen molar-refractivity contribution in [2.24, 2.45) is 11.8 Å². The fourth-order valence-electron chi connectivity index (χ4n) is 2.65. The minimum absolute atomic E-state index is 0.141. The fraction of sp³-hybridized carbons (Fsp3) is 0.900. The Hall–Kier alpha value is -0.400. The molecule has 0 spiro atoms. The van der Waals surface area contributed by atoms with Crippen molar-refractivity contribution in [2.45, 2.75) is 44.7 Å². The highest BCUT2D eigenvalue weighted by Gasteiger charge is 2.36. The first-order valence-corrected chi connectivity index (χ1v) is 4.94. The SMILES string of the molecule is O=C1C[C@H]2CCCC[C@@H]2C[C@@H]1F. The summed E-state index contributed by atoms with van der Waals surface area (Å²) in [6.45, 7) is 0. The maximum atomic E-state index is 13.0. The summed E-state index contributed by atoms with van der Waals surface area (Å²) in [4.78, 5) is 11.1. The molecule has 0 heterocycles. The van der Waals surface area contributed by atoms with Gasteiger partial charge in [-0.25, -0.2) is 4.39 Å². The summed E-state index contributed by atoms with van der Waals surface area (Å²) < 4.78 is 13.0. The molecule has 0 aromatic heterocycles. The smallest absolute Gasteiger partial charge is 0.167 e. The van der Waals surface area contributed by atoms with E-state index < -0.39 is 6.17 Å². The molecule has 0 aliphatic heterocycles. The highest BCUT2D eigenvalue weighted by Crippen LogP contribution is 2.39. The fourth-order valence-corrected chi connectivity index (χ4v) is 2.65. The molecule has 3 atom stereocenters. The van der Waals surface area contributed by atoms with Crippen molar-refractivity contribution in [2.75, 3.05) is 0 Å². The Labute approximate surface area is 72.3 Å². The first-order valence-electron chi connectivity index (χ1n) is 4.94. The highest BCUT2D eigenvalue weighted by atomic mass is 19.1. The molecule has 0 radical (unpaired) electrons. The zero-order valence-electron chi connectivity index (χ0n) is 7.26. The Balaban J connectivity index is 2.02. The van der Waals surface area contributed by atoms with E-state index in [-0.39, 0.29) is 5.78 Å². The van der Waals surface area contributed by atoms with Gasteiger partial charge in [-0.3, -0.25) is 4.79 Å². The zero-order valence-corrected chi connectivity index (χ0v) is 7.26. The second-order valence-corrected chi connectivity index (χ2v) is 4.18. The van der Waals surface area contributed by atoms with Gasteiger partial charge in [-0.05, 0) is 24.7 Å². The maximum Gasteiger partial charge on any atom is 0.167 e. The van der Waals surface area contributed by atoms with Gasteiger partial charge in [0.25, 0.3) is 0 Å². The normalized spacial score (nSPS) is 42.4. The van der Waals surface area contributed by atoms with E-state index in [4.69, 9.17) is 0 Å². The van der Waals surface area contributed by atoms with Crippen molar-refractivity contribution in [3.8, 4) is 0 Å². The summed E-state index contributed by atoms with van der Waals surface area (Å²) in [5.41, 5.74) is 0. The number of carbonyl (C=O) groups is 1. The Bertz CT molecular complexity index is 190. The number of alkyl halides is 1. The Morgan fingerprint density at radius 2 is 1.83 bits per heavy atom. The number of hydrogen-bond donors (Lipinski definition) is 0. The zero-order chi connectivity index (χ0) is 8.55. The summed E-state index contributed by atoms with van der Waals surface area (Å²) in [7, 11) is 0. The molecule has 0 amide bonds. The van der Waals surface area contributed by atoms with Gasteiger partial charge in [-0.15, -0.1) is 0 Å². The van der Waals surface area contributed by atoms with Crippen molar-refractivity contribution in [3.05, 3.63) is 0 Å². The molecule has 68 valence electrons. The lowest BCUT2D eigenvalue weighted by Crippen LogP contribution is -2.34. The molecule has 0 unspecified atom stereocenters. The van der Waals surface area contributed by atoms with Gasteiger partial charge < -0.3 is 0 Å². The van der Waals surface area contributed by atoms with Crippen molar-refractivity contribution < 1.29 is 9.18 Å². The number of Topliss-reactive ketones (excluding diaryl/α,β-unsaturated/α-hetero) is 1. The van der Waals surface area contributed by atoms with Gasteiger partial charge in [0.05, 0.1) is 0 Å². The van der Waals surface area contributed by atoms with Crippen LogP contribution in [-0.4, -0.2) is 12.0 Å².